The van der Waals surface area contributed by atoms with Gasteiger partial charge in [-0.3, -0.25) is 4.68 Å². The van der Waals surface area contributed by atoms with E-state index in [9.17, 15) is 0 Å². The Morgan fingerprint density at radius 3 is 2.60 bits per heavy atom. The van der Waals surface area contributed by atoms with Gasteiger partial charge < -0.3 is 4.98 Å². The Morgan fingerprint density at radius 1 is 1.00 bits per heavy atom. The van der Waals surface area contributed by atoms with Crippen molar-refractivity contribution in [2.45, 2.75) is 33.2 Å². The van der Waals surface area contributed by atoms with Gasteiger partial charge in [-0.05, 0) is 42.2 Å². The number of aromatic nitrogens is 6. The highest BCUT2D eigenvalue weighted by Crippen LogP contribution is 2.20. The molecule has 0 saturated heterocycles. The van der Waals surface area contributed by atoms with Crippen LogP contribution in [0.3, 0.4) is 0 Å². The van der Waals surface area contributed by atoms with Gasteiger partial charge in [0.2, 0.25) is 0 Å². The highest BCUT2D eigenvalue weighted by molar-refractivity contribution is 5.80. The fourth-order valence-corrected chi connectivity index (χ4v) is 2.95. The number of nitrogens with one attached hydrogen (secondary N) is 1. The van der Waals surface area contributed by atoms with Crippen LogP contribution in [0, 0.1) is 6.92 Å². The zero-order chi connectivity index (χ0) is 17.2. The summed E-state index contributed by atoms with van der Waals surface area (Å²) in [6.07, 6.45) is 13.1. The summed E-state index contributed by atoms with van der Waals surface area (Å²) in [5, 5.41) is 5.45. The molecular formula is C19H20N6. The van der Waals surface area contributed by atoms with Crippen LogP contribution in [0.2, 0.25) is 0 Å². The lowest BCUT2D eigenvalue weighted by Gasteiger charge is -2.02. The number of hydrogen-bond acceptors (Lipinski definition) is 4. The smallest absolute Gasteiger partial charge is 0.137 e. The highest BCUT2D eigenvalue weighted by atomic mass is 15.3. The van der Waals surface area contributed by atoms with E-state index >= 15 is 0 Å². The molecule has 0 aliphatic heterocycles. The molecule has 0 aliphatic carbocycles. The van der Waals surface area contributed by atoms with E-state index in [1.165, 1.54) is 5.56 Å². The van der Waals surface area contributed by atoms with Crippen molar-refractivity contribution < 1.29 is 0 Å². The first kappa shape index (κ1) is 15.5. The molecule has 0 bridgehead atoms. The van der Waals surface area contributed by atoms with E-state index in [1.54, 1.807) is 0 Å². The summed E-state index contributed by atoms with van der Waals surface area (Å²) in [5.74, 6) is 0.816. The van der Waals surface area contributed by atoms with Gasteiger partial charge in [0.1, 0.15) is 11.5 Å². The third-order valence-corrected chi connectivity index (χ3v) is 4.28. The molecule has 4 aromatic heterocycles. The molecule has 0 aromatic carbocycles. The molecule has 0 saturated carbocycles. The van der Waals surface area contributed by atoms with Crippen LogP contribution in [0.15, 0.2) is 43.2 Å². The van der Waals surface area contributed by atoms with E-state index in [4.69, 9.17) is 0 Å². The molecule has 0 radical (unpaired) electrons. The van der Waals surface area contributed by atoms with Crippen LogP contribution in [0.5, 0.6) is 0 Å². The third-order valence-electron chi connectivity index (χ3n) is 4.28. The van der Waals surface area contributed by atoms with E-state index in [1.807, 2.05) is 41.9 Å². The maximum atomic E-state index is 4.51. The van der Waals surface area contributed by atoms with Gasteiger partial charge in [0.05, 0.1) is 6.20 Å². The van der Waals surface area contributed by atoms with Gasteiger partial charge in [-0.25, -0.2) is 15.0 Å². The van der Waals surface area contributed by atoms with E-state index in [2.05, 4.69) is 44.9 Å². The predicted octanol–water partition coefficient (Wildman–Crippen LogP) is 3.06. The number of fused-ring (bicyclic) bond motifs is 1. The van der Waals surface area contributed by atoms with E-state index in [-0.39, 0.29) is 0 Å². The third kappa shape index (κ3) is 3.28. The van der Waals surface area contributed by atoms with Gasteiger partial charge in [-0.1, -0.05) is 0 Å². The van der Waals surface area contributed by atoms with Crippen LogP contribution in [0.1, 0.15) is 35.0 Å². The lowest BCUT2D eigenvalue weighted by molar-refractivity contribution is 0.659. The van der Waals surface area contributed by atoms with Gasteiger partial charge in [0.15, 0.2) is 0 Å². The lowest BCUT2D eigenvalue weighted by Crippen LogP contribution is -1.98. The summed E-state index contributed by atoms with van der Waals surface area (Å²) in [6, 6.07) is 2.16. The van der Waals surface area contributed by atoms with Crippen molar-refractivity contribution in [3.05, 3.63) is 71.3 Å². The molecule has 4 heterocycles. The van der Waals surface area contributed by atoms with Crippen LogP contribution in [-0.2, 0) is 19.4 Å². The quantitative estimate of drug-likeness (QED) is 0.610. The van der Waals surface area contributed by atoms with Crippen LogP contribution in [0.4, 0.5) is 0 Å². The average molecular weight is 332 g/mol. The second-order valence-corrected chi connectivity index (χ2v) is 6.29. The molecule has 1 N–H and O–H groups in total. The summed E-state index contributed by atoms with van der Waals surface area (Å²) >= 11 is 0. The molecule has 0 fully saturated rings. The largest absolute Gasteiger partial charge is 0.346 e. The van der Waals surface area contributed by atoms with Crippen molar-refractivity contribution in [2.24, 2.45) is 0 Å². The number of hydrogen-bond donors (Lipinski definition) is 1. The van der Waals surface area contributed by atoms with Gasteiger partial charge in [0, 0.05) is 55.8 Å². The zero-order valence-electron chi connectivity index (χ0n) is 14.4. The molecule has 6 nitrogen and oxygen atoms in total. The molecule has 4 rings (SSSR count). The Hall–Kier alpha value is -3.02. The zero-order valence-corrected chi connectivity index (χ0v) is 14.4. The Balaban J connectivity index is 1.50. The van der Waals surface area contributed by atoms with Crippen molar-refractivity contribution in [2.75, 3.05) is 0 Å². The molecule has 25 heavy (non-hydrogen) atoms. The predicted molar refractivity (Wildman–Crippen MR) is 96.4 cm³/mol. The van der Waals surface area contributed by atoms with Crippen molar-refractivity contribution in [1.29, 1.82) is 0 Å². The standard InChI is InChI=1S/C19H20N6/c1-3-25-12-15(10-24-25)6-18-20-8-14(9-21-18)5-16-11-23-19-17(16)4-13(2)7-22-19/h4,7-12H,3,5-6H2,1-2H3,(H,22,23). The van der Waals surface area contributed by atoms with Crippen LogP contribution in [0.25, 0.3) is 11.0 Å². The van der Waals surface area contributed by atoms with Crippen LogP contribution in [-0.4, -0.2) is 29.7 Å². The normalized spacial score (nSPS) is 11.3. The molecule has 0 atom stereocenters. The first-order valence-electron chi connectivity index (χ1n) is 8.45. The van der Waals surface area contributed by atoms with E-state index < -0.39 is 0 Å². The minimum absolute atomic E-state index is 0.705. The molecule has 0 amide bonds. The Morgan fingerprint density at radius 2 is 1.84 bits per heavy atom. The SMILES string of the molecule is CCn1cc(Cc2ncc(Cc3c[nH]c4ncc(C)cc34)cn2)cn1. The summed E-state index contributed by atoms with van der Waals surface area (Å²) in [6.45, 7) is 5.00. The minimum Gasteiger partial charge on any atom is -0.346 e. The van der Waals surface area contributed by atoms with Crippen LogP contribution < -0.4 is 0 Å². The average Bonchev–Trinajstić information content (AvgIpc) is 3.24. The molecule has 0 spiro atoms. The fourth-order valence-electron chi connectivity index (χ4n) is 2.95. The monoisotopic (exact) mass is 332 g/mol. The topological polar surface area (TPSA) is 72.3 Å². The first-order valence-corrected chi connectivity index (χ1v) is 8.45. The summed E-state index contributed by atoms with van der Waals surface area (Å²) in [5.41, 5.74) is 5.52. The molecule has 126 valence electrons. The number of H-pyrrole nitrogens is 1. The Labute approximate surface area is 146 Å². The fraction of sp³-hybridized carbons (Fsp3) is 0.263. The first-order chi connectivity index (χ1) is 12.2. The van der Waals surface area contributed by atoms with Gasteiger partial charge in [0.25, 0.3) is 0 Å². The van der Waals surface area contributed by atoms with Gasteiger partial charge in [-0.15, -0.1) is 0 Å². The second kappa shape index (κ2) is 6.47. The Kier molecular flexibility index (Phi) is 4.01. The molecule has 6 heteroatoms. The van der Waals surface area contributed by atoms with Gasteiger partial charge >= 0.3 is 0 Å². The summed E-state index contributed by atoms with van der Waals surface area (Å²) in [7, 11) is 0. The number of aromatic amines is 1. The number of nitrogens with zero attached hydrogens (tertiary/aromatic N) is 5. The van der Waals surface area contributed by atoms with Crippen LogP contribution >= 0.6 is 0 Å². The van der Waals surface area contributed by atoms with Gasteiger partial charge in [-0.2, -0.15) is 5.10 Å². The number of aryl methyl sites for hydroxylation is 2. The Bertz CT molecular complexity index is 996. The highest BCUT2D eigenvalue weighted by Gasteiger charge is 2.08. The summed E-state index contributed by atoms with van der Waals surface area (Å²) in [4.78, 5) is 16.7. The van der Waals surface area contributed by atoms with Crippen molar-refractivity contribution in [1.82, 2.24) is 29.7 Å². The van der Waals surface area contributed by atoms with Crippen molar-refractivity contribution >= 4 is 11.0 Å². The molecule has 0 unspecified atom stereocenters. The molecule has 0 aliphatic rings. The number of pyridine rings is 1. The van der Waals surface area contributed by atoms with E-state index in [0.29, 0.717) is 6.42 Å². The lowest BCUT2D eigenvalue weighted by atomic mass is 10.1. The van der Waals surface area contributed by atoms with Crippen molar-refractivity contribution in [3.63, 3.8) is 0 Å². The molecule has 4 aromatic rings. The van der Waals surface area contributed by atoms with Crippen molar-refractivity contribution in [3.8, 4) is 0 Å². The molecular weight excluding hydrogens is 312 g/mol. The second-order valence-electron chi connectivity index (χ2n) is 6.29. The minimum atomic E-state index is 0.705. The number of rotatable bonds is 5. The summed E-state index contributed by atoms with van der Waals surface area (Å²) < 4.78 is 1.91. The maximum absolute atomic E-state index is 4.51. The van der Waals surface area contributed by atoms with E-state index in [0.717, 1.165) is 46.5 Å². The maximum Gasteiger partial charge on any atom is 0.137 e.